The van der Waals surface area contributed by atoms with Crippen molar-refractivity contribution in [3.8, 4) is 22.8 Å². The fraction of sp³-hybridized carbons (Fsp3) is 0.333. The summed E-state index contributed by atoms with van der Waals surface area (Å²) in [5, 5.41) is 3.26. The van der Waals surface area contributed by atoms with Gasteiger partial charge in [0.05, 0.1) is 12.2 Å². The minimum Gasteiger partial charge on any atom is -0.492 e. The number of pyridine rings is 1. The van der Waals surface area contributed by atoms with Crippen molar-refractivity contribution in [1.29, 1.82) is 0 Å². The molecule has 1 amide bonds. The first kappa shape index (κ1) is 25.5. The van der Waals surface area contributed by atoms with Crippen LogP contribution in [0.5, 0.6) is 11.5 Å². The van der Waals surface area contributed by atoms with Gasteiger partial charge >= 0.3 is 6.36 Å². The number of hydrogen-bond donors (Lipinski definition) is 1. The highest BCUT2D eigenvalue weighted by molar-refractivity contribution is 5.80. The standard InChI is InChI=1S/C27H28F3N3O3/c28-27(29,30)36-24-11-6-7-21(25(24)23-10-4-5-14-32-23)19-33(26(34)20-12-15-31-16-13-20)17-18-35-22-8-2-1-3-9-22/h1-11,14,20,31H,12-13,15-19H2. The van der Waals surface area contributed by atoms with Crippen molar-refractivity contribution in [1.82, 2.24) is 15.2 Å². The Morgan fingerprint density at radius 3 is 2.44 bits per heavy atom. The second kappa shape index (κ2) is 11.9. The third-order valence-corrected chi connectivity index (χ3v) is 5.99. The van der Waals surface area contributed by atoms with Crippen LogP contribution in [-0.4, -0.2) is 48.4 Å². The van der Waals surface area contributed by atoms with Crippen molar-refractivity contribution >= 4 is 5.91 Å². The molecule has 2 heterocycles. The van der Waals surface area contributed by atoms with E-state index in [2.05, 4.69) is 15.0 Å². The first-order chi connectivity index (χ1) is 17.4. The van der Waals surface area contributed by atoms with Crippen LogP contribution >= 0.6 is 0 Å². The Labute approximate surface area is 208 Å². The lowest BCUT2D eigenvalue weighted by Gasteiger charge is -2.30. The number of alkyl halides is 3. The smallest absolute Gasteiger partial charge is 0.492 e. The molecule has 0 spiro atoms. The lowest BCUT2D eigenvalue weighted by Crippen LogP contribution is -2.42. The van der Waals surface area contributed by atoms with Crippen molar-refractivity contribution in [2.75, 3.05) is 26.2 Å². The van der Waals surface area contributed by atoms with Crippen molar-refractivity contribution < 1.29 is 27.4 Å². The van der Waals surface area contributed by atoms with Gasteiger partial charge in [0.2, 0.25) is 5.91 Å². The summed E-state index contributed by atoms with van der Waals surface area (Å²) in [6, 6.07) is 18.7. The zero-order valence-electron chi connectivity index (χ0n) is 19.7. The van der Waals surface area contributed by atoms with Gasteiger partial charge in [-0.3, -0.25) is 9.78 Å². The Hall–Kier alpha value is -3.59. The van der Waals surface area contributed by atoms with Crippen LogP contribution in [0.3, 0.4) is 0 Å². The van der Waals surface area contributed by atoms with Crippen LogP contribution in [-0.2, 0) is 11.3 Å². The van der Waals surface area contributed by atoms with E-state index >= 15 is 0 Å². The van der Waals surface area contributed by atoms with E-state index in [1.54, 1.807) is 29.2 Å². The molecule has 0 aliphatic carbocycles. The molecule has 1 aliphatic heterocycles. The number of nitrogens with one attached hydrogen (secondary N) is 1. The van der Waals surface area contributed by atoms with Crippen LogP contribution in [0, 0.1) is 5.92 Å². The van der Waals surface area contributed by atoms with E-state index in [1.807, 2.05) is 30.3 Å². The summed E-state index contributed by atoms with van der Waals surface area (Å²) in [5.74, 6) is 0.133. The second-order valence-electron chi connectivity index (χ2n) is 8.50. The molecule has 36 heavy (non-hydrogen) atoms. The van der Waals surface area contributed by atoms with Crippen molar-refractivity contribution in [2.45, 2.75) is 25.7 Å². The topological polar surface area (TPSA) is 63.7 Å². The number of ether oxygens (including phenoxy) is 2. The molecule has 1 N–H and O–H groups in total. The Kier molecular flexibility index (Phi) is 8.43. The Balaban J connectivity index is 1.63. The summed E-state index contributed by atoms with van der Waals surface area (Å²) >= 11 is 0. The normalized spacial score (nSPS) is 14.3. The fourth-order valence-corrected chi connectivity index (χ4v) is 4.31. The number of benzene rings is 2. The van der Waals surface area contributed by atoms with Crippen LogP contribution in [0.25, 0.3) is 11.3 Å². The maximum atomic E-state index is 13.5. The Morgan fingerprint density at radius 1 is 1.00 bits per heavy atom. The van der Waals surface area contributed by atoms with Gasteiger partial charge in [-0.1, -0.05) is 36.4 Å². The van der Waals surface area contributed by atoms with Gasteiger partial charge < -0.3 is 19.7 Å². The summed E-state index contributed by atoms with van der Waals surface area (Å²) in [6.45, 7) is 2.13. The van der Waals surface area contributed by atoms with Gasteiger partial charge in [0.1, 0.15) is 18.1 Å². The van der Waals surface area contributed by atoms with Gasteiger partial charge in [0.15, 0.2) is 0 Å². The summed E-state index contributed by atoms with van der Waals surface area (Å²) in [4.78, 5) is 19.4. The predicted molar refractivity (Wildman–Crippen MR) is 129 cm³/mol. The SMILES string of the molecule is O=C(C1CCNCC1)N(CCOc1ccccc1)Cc1cccc(OC(F)(F)F)c1-c1ccccn1. The molecule has 4 rings (SSSR count). The highest BCUT2D eigenvalue weighted by atomic mass is 19.4. The lowest BCUT2D eigenvalue weighted by atomic mass is 9.95. The van der Waals surface area contributed by atoms with Crippen LogP contribution in [0.2, 0.25) is 0 Å². The zero-order chi connectivity index (χ0) is 25.4. The van der Waals surface area contributed by atoms with Crippen molar-refractivity contribution in [2.24, 2.45) is 5.92 Å². The first-order valence-corrected chi connectivity index (χ1v) is 11.9. The van der Waals surface area contributed by atoms with E-state index < -0.39 is 6.36 Å². The quantitative estimate of drug-likeness (QED) is 0.446. The number of halogens is 3. The molecule has 3 aromatic rings. The summed E-state index contributed by atoms with van der Waals surface area (Å²) in [7, 11) is 0. The number of nitrogens with zero attached hydrogens (tertiary/aromatic N) is 2. The van der Waals surface area contributed by atoms with Gasteiger partial charge in [-0.25, -0.2) is 0 Å². The molecule has 0 radical (unpaired) electrons. The number of rotatable bonds is 9. The number of aromatic nitrogens is 1. The fourth-order valence-electron chi connectivity index (χ4n) is 4.31. The van der Waals surface area contributed by atoms with Gasteiger partial charge in [-0.05, 0) is 61.8 Å². The Bertz CT molecular complexity index is 1120. The first-order valence-electron chi connectivity index (χ1n) is 11.9. The molecule has 1 aromatic heterocycles. The van der Waals surface area contributed by atoms with Crippen LogP contribution < -0.4 is 14.8 Å². The Morgan fingerprint density at radius 2 is 1.75 bits per heavy atom. The maximum absolute atomic E-state index is 13.5. The van der Waals surface area contributed by atoms with Gasteiger partial charge in [0, 0.05) is 24.2 Å². The van der Waals surface area contributed by atoms with Crippen molar-refractivity contribution in [3.63, 3.8) is 0 Å². The van der Waals surface area contributed by atoms with E-state index in [-0.39, 0.29) is 42.8 Å². The van der Waals surface area contributed by atoms with E-state index in [9.17, 15) is 18.0 Å². The highest BCUT2D eigenvalue weighted by Gasteiger charge is 2.33. The van der Waals surface area contributed by atoms with E-state index in [1.165, 1.54) is 18.3 Å². The number of carbonyl (C=O) groups excluding carboxylic acids is 1. The van der Waals surface area contributed by atoms with Crippen LogP contribution in [0.4, 0.5) is 13.2 Å². The molecule has 6 nitrogen and oxygen atoms in total. The predicted octanol–water partition coefficient (Wildman–Crippen LogP) is 5.05. The van der Waals surface area contributed by atoms with Gasteiger partial charge in [-0.15, -0.1) is 13.2 Å². The number of amides is 1. The molecule has 1 saturated heterocycles. The van der Waals surface area contributed by atoms with E-state index in [0.717, 1.165) is 13.1 Å². The minimum atomic E-state index is -4.86. The largest absolute Gasteiger partial charge is 0.573 e. The summed E-state index contributed by atoms with van der Waals surface area (Å²) < 4.78 is 49.8. The molecule has 9 heteroatoms. The summed E-state index contributed by atoms with van der Waals surface area (Å²) in [5.41, 5.74) is 1.06. The van der Waals surface area contributed by atoms with E-state index in [0.29, 0.717) is 29.8 Å². The molecule has 0 saturated carbocycles. The third kappa shape index (κ3) is 6.97. The second-order valence-corrected chi connectivity index (χ2v) is 8.50. The third-order valence-electron chi connectivity index (χ3n) is 5.99. The molecule has 0 atom stereocenters. The van der Waals surface area contributed by atoms with E-state index in [4.69, 9.17) is 4.74 Å². The van der Waals surface area contributed by atoms with Crippen molar-refractivity contribution in [3.05, 3.63) is 78.5 Å². The molecule has 0 bridgehead atoms. The molecule has 2 aromatic carbocycles. The van der Waals surface area contributed by atoms with Crippen LogP contribution in [0.1, 0.15) is 18.4 Å². The maximum Gasteiger partial charge on any atom is 0.573 e. The minimum absolute atomic E-state index is 0.0396. The number of para-hydroxylation sites is 1. The molecular weight excluding hydrogens is 471 g/mol. The zero-order valence-corrected chi connectivity index (χ0v) is 19.7. The molecule has 1 aliphatic rings. The number of hydrogen-bond acceptors (Lipinski definition) is 5. The van der Waals surface area contributed by atoms with Gasteiger partial charge in [0.25, 0.3) is 0 Å². The summed E-state index contributed by atoms with van der Waals surface area (Å²) in [6.07, 6.45) is -1.94. The van der Waals surface area contributed by atoms with Gasteiger partial charge in [-0.2, -0.15) is 0 Å². The monoisotopic (exact) mass is 499 g/mol. The average Bonchev–Trinajstić information content (AvgIpc) is 2.88. The lowest BCUT2D eigenvalue weighted by molar-refractivity contribution is -0.274. The highest BCUT2D eigenvalue weighted by Crippen LogP contribution is 2.36. The molecule has 1 fully saturated rings. The average molecular weight is 500 g/mol. The number of piperidine rings is 1. The number of carbonyl (C=O) groups is 1. The molecule has 190 valence electrons. The molecule has 0 unspecified atom stereocenters. The van der Waals surface area contributed by atoms with Crippen LogP contribution in [0.15, 0.2) is 72.9 Å². The molecular formula is C27H28F3N3O3.